The van der Waals surface area contributed by atoms with E-state index < -0.39 is 9.84 Å². The molecule has 0 N–H and O–H groups in total. The summed E-state index contributed by atoms with van der Waals surface area (Å²) < 4.78 is 23.9. The van der Waals surface area contributed by atoms with Crippen LogP contribution >= 0.6 is 11.6 Å². The van der Waals surface area contributed by atoms with E-state index in [-0.39, 0.29) is 0 Å². The normalized spacial score (nSPS) is 11.3. The number of alkyl halides is 1. The van der Waals surface area contributed by atoms with E-state index in [0.29, 0.717) is 29.6 Å². The second kappa shape index (κ2) is 6.96. The molecule has 0 spiro atoms. The zero-order valence-corrected chi connectivity index (χ0v) is 13.4. The van der Waals surface area contributed by atoms with E-state index in [9.17, 15) is 8.42 Å². The summed E-state index contributed by atoms with van der Waals surface area (Å²) >= 11 is 5.89. The van der Waals surface area contributed by atoms with E-state index in [2.05, 4.69) is 0 Å². The first-order valence-electron chi connectivity index (χ1n) is 6.66. The smallest absolute Gasteiger partial charge is 0.177 e. The van der Waals surface area contributed by atoms with Crippen LogP contribution in [0.1, 0.15) is 5.56 Å². The van der Waals surface area contributed by atoms with Crippen molar-refractivity contribution in [3.63, 3.8) is 0 Å². The van der Waals surface area contributed by atoms with Gasteiger partial charge < -0.3 is 4.90 Å². The summed E-state index contributed by atoms with van der Waals surface area (Å²) in [6.45, 7) is 1.21. The molecule has 3 nitrogen and oxygen atoms in total. The SMILES string of the molecule is CS(=O)(=O)c1ccccc1N(CCCl)Cc1ccccc1. The summed E-state index contributed by atoms with van der Waals surface area (Å²) in [6.07, 6.45) is 1.23. The summed E-state index contributed by atoms with van der Waals surface area (Å²) in [5, 5.41) is 0. The number of rotatable bonds is 6. The average molecular weight is 324 g/mol. The number of hydrogen-bond acceptors (Lipinski definition) is 3. The Morgan fingerprint density at radius 3 is 2.24 bits per heavy atom. The van der Waals surface area contributed by atoms with Crippen LogP contribution in [0.5, 0.6) is 0 Å². The van der Waals surface area contributed by atoms with Gasteiger partial charge in [-0.2, -0.15) is 0 Å². The lowest BCUT2D eigenvalue weighted by atomic mass is 10.2. The summed E-state index contributed by atoms with van der Waals surface area (Å²) in [4.78, 5) is 2.34. The van der Waals surface area contributed by atoms with Crippen LogP contribution in [0.3, 0.4) is 0 Å². The standard InChI is InChI=1S/C16H18ClNO2S/c1-21(19,20)16-10-6-5-9-15(16)18(12-11-17)13-14-7-3-2-4-8-14/h2-10H,11-13H2,1H3. The van der Waals surface area contributed by atoms with Crippen molar-refractivity contribution in [2.75, 3.05) is 23.6 Å². The second-order valence-corrected chi connectivity index (χ2v) is 7.20. The van der Waals surface area contributed by atoms with E-state index in [1.807, 2.05) is 47.4 Å². The van der Waals surface area contributed by atoms with Crippen LogP contribution in [0, 0.1) is 0 Å². The molecule has 2 aromatic carbocycles. The van der Waals surface area contributed by atoms with Crippen molar-refractivity contribution in [1.29, 1.82) is 0 Å². The molecule has 0 amide bonds. The Hall–Kier alpha value is -1.52. The highest BCUT2D eigenvalue weighted by Crippen LogP contribution is 2.26. The second-order valence-electron chi connectivity index (χ2n) is 4.84. The quantitative estimate of drug-likeness (QED) is 0.765. The largest absolute Gasteiger partial charge is 0.365 e. The van der Waals surface area contributed by atoms with Crippen molar-refractivity contribution in [2.45, 2.75) is 11.4 Å². The molecule has 0 bridgehead atoms. The van der Waals surface area contributed by atoms with E-state index in [1.54, 1.807) is 12.1 Å². The molecule has 5 heteroatoms. The molecule has 0 aliphatic carbocycles. The minimum Gasteiger partial charge on any atom is -0.365 e. The van der Waals surface area contributed by atoms with Gasteiger partial charge in [0.25, 0.3) is 0 Å². The third-order valence-corrected chi connectivity index (χ3v) is 4.49. The number of anilines is 1. The molecule has 2 rings (SSSR count). The lowest BCUT2D eigenvalue weighted by molar-refractivity contribution is 0.601. The van der Waals surface area contributed by atoms with Gasteiger partial charge in [0.15, 0.2) is 9.84 Å². The molecule has 0 aliphatic heterocycles. The van der Waals surface area contributed by atoms with Gasteiger partial charge in [-0.25, -0.2) is 8.42 Å². The Labute approximate surface area is 131 Å². The van der Waals surface area contributed by atoms with Gasteiger partial charge in [0.05, 0.1) is 10.6 Å². The Kier molecular flexibility index (Phi) is 5.26. The predicted molar refractivity (Wildman–Crippen MR) is 87.8 cm³/mol. The van der Waals surface area contributed by atoms with Crippen molar-refractivity contribution in [3.05, 3.63) is 60.2 Å². The topological polar surface area (TPSA) is 37.4 Å². The molecule has 112 valence electrons. The predicted octanol–water partition coefficient (Wildman–Crippen LogP) is 3.34. The monoisotopic (exact) mass is 323 g/mol. The van der Waals surface area contributed by atoms with Crippen LogP contribution < -0.4 is 4.90 Å². The number of para-hydroxylation sites is 1. The number of benzene rings is 2. The van der Waals surface area contributed by atoms with E-state index in [1.165, 1.54) is 6.26 Å². The Morgan fingerprint density at radius 2 is 1.62 bits per heavy atom. The van der Waals surface area contributed by atoms with Gasteiger partial charge >= 0.3 is 0 Å². The fourth-order valence-corrected chi connectivity index (χ4v) is 3.33. The minimum atomic E-state index is -3.27. The van der Waals surface area contributed by atoms with Crippen LogP contribution in [-0.2, 0) is 16.4 Å². The number of hydrogen-bond donors (Lipinski definition) is 0. The molecule has 0 fully saturated rings. The fourth-order valence-electron chi connectivity index (χ4n) is 2.22. The molecule has 0 aromatic heterocycles. The lowest BCUT2D eigenvalue weighted by Crippen LogP contribution is -2.26. The third kappa shape index (κ3) is 4.22. The van der Waals surface area contributed by atoms with Crippen molar-refractivity contribution in [2.24, 2.45) is 0 Å². The zero-order chi connectivity index (χ0) is 15.3. The minimum absolute atomic E-state index is 0.339. The van der Waals surface area contributed by atoms with Gasteiger partial charge in [0.1, 0.15) is 0 Å². The summed E-state index contributed by atoms with van der Waals surface area (Å²) in [6, 6.07) is 17.0. The Balaban J connectivity index is 2.39. The fraction of sp³-hybridized carbons (Fsp3) is 0.250. The van der Waals surface area contributed by atoms with Crippen LogP contribution in [0.4, 0.5) is 5.69 Å². The van der Waals surface area contributed by atoms with Crippen molar-refractivity contribution < 1.29 is 8.42 Å². The van der Waals surface area contributed by atoms with Gasteiger partial charge in [0, 0.05) is 25.2 Å². The van der Waals surface area contributed by atoms with Gasteiger partial charge in [0.2, 0.25) is 0 Å². The van der Waals surface area contributed by atoms with Crippen molar-refractivity contribution >= 4 is 27.1 Å². The summed E-state index contributed by atoms with van der Waals surface area (Å²) in [5.41, 5.74) is 1.82. The molecule has 0 saturated carbocycles. The number of nitrogens with zero attached hydrogens (tertiary/aromatic N) is 1. The summed E-state index contributed by atoms with van der Waals surface area (Å²) in [7, 11) is -3.27. The van der Waals surface area contributed by atoms with Crippen molar-refractivity contribution in [1.82, 2.24) is 0 Å². The van der Waals surface area contributed by atoms with Gasteiger partial charge in [-0.3, -0.25) is 0 Å². The number of sulfone groups is 1. The van der Waals surface area contributed by atoms with Crippen LogP contribution in [0.25, 0.3) is 0 Å². The molecular weight excluding hydrogens is 306 g/mol. The maximum atomic E-state index is 12.0. The molecule has 21 heavy (non-hydrogen) atoms. The van der Waals surface area contributed by atoms with Crippen molar-refractivity contribution in [3.8, 4) is 0 Å². The van der Waals surface area contributed by atoms with Crippen LogP contribution in [0.2, 0.25) is 0 Å². The van der Waals surface area contributed by atoms with E-state index >= 15 is 0 Å². The summed E-state index contributed by atoms with van der Waals surface area (Å²) in [5.74, 6) is 0.435. The maximum absolute atomic E-state index is 12.0. The van der Waals surface area contributed by atoms with Crippen LogP contribution in [-0.4, -0.2) is 27.1 Å². The molecule has 0 unspecified atom stereocenters. The highest BCUT2D eigenvalue weighted by Gasteiger charge is 2.17. The average Bonchev–Trinajstić information content (AvgIpc) is 2.47. The molecule has 0 radical (unpaired) electrons. The molecule has 0 saturated heterocycles. The molecule has 0 atom stereocenters. The first kappa shape index (κ1) is 15.9. The molecule has 2 aromatic rings. The van der Waals surface area contributed by atoms with Gasteiger partial charge in [-0.15, -0.1) is 11.6 Å². The molecule has 0 aliphatic rings. The van der Waals surface area contributed by atoms with Crippen LogP contribution in [0.15, 0.2) is 59.5 Å². The Bertz CT molecular complexity index is 686. The lowest BCUT2D eigenvalue weighted by Gasteiger charge is -2.26. The first-order valence-corrected chi connectivity index (χ1v) is 9.09. The highest BCUT2D eigenvalue weighted by atomic mass is 35.5. The van der Waals surface area contributed by atoms with E-state index in [0.717, 1.165) is 5.56 Å². The number of halogens is 1. The van der Waals surface area contributed by atoms with Gasteiger partial charge in [-0.1, -0.05) is 42.5 Å². The van der Waals surface area contributed by atoms with Gasteiger partial charge in [-0.05, 0) is 17.7 Å². The molecular formula is C16H18ClNO2S. The third-order valence-electron chi connectivity index (χ3n) is 3.18. The first-order chi connectivity index (χ1) is 10.0. The maximum Gasteiger partial charge on any atom is 0.177 e. The molecule has 0 heterocycles. The Morgan fingerprint density at radius 1 is 1.00 bits per heavy atom. The highest BCUT2D eigenvalue weighted by molar-refractivity contribution is 7.90. The zero-order valence-electron chi connectivity index (χ0n) is 11.9. The van der Waals surface area contributed by atoms with E-state index in [4.69, 9.17) is 11.6 Å².